The second kappa shape index (κ2) is 3.74. The van der Waals surface area contributed by atoms with Gasteiger partial charge in [-0.3, -0.25) is 0 Å². The fourth-order valence-corrected chi connectivity index (χ4v) is 2.01. The maximum atomic E-state index is 13.1. The third-order valence-electron chi connectivity index (χ3n) is 3.49. The lowest BCUT2D eigenvalue weighted by molar-refractivity contribution is -0.0323. The third kappa shape index (κ3) is 1.80. The summed E-state index contributed by atoms with van der Waals surface area (Å²) in [7, 11) is 0. The van der Waals surface area contributed by atoms with Crippen LogP contribution >= 0.6 is 0 Å². The molecule has 1 aromatic carbocycles. The van der Waals surface area contributed by atoms with Crippen molar-refractivity contribution in [2.45, 2.75) is 38.9 Å². The maximum absolute atomic E-state index is 13.1. The van der Waals surface area contributed by atoms with Crippen LogP contribution in [0.15, 0.2) is 18.2 Å². The van der Waals surface area contributed by atoms with E-state index in [2.05, 4.69) is 13.8 Å². The van der Waals surface area contributed by atoms with Crippen LogP contribution in [0.1, 0.15) is 38.9 Å². The Morgan fingerprint density at radius 1 is 1.50 bits per heavy atom. The van der Waals surface area contributed by atoms with Crippen LogP contribution in [0.25, 0.3) is 0 Å². The molecule has 0 aliphatic carbocycles. The molecule has 1 heterocycles. The number of aliphatic hydroxyl groups excluding tert-OH is 1. The van der Waals surface area contributed by atoms with Crippen LogP contribution in [-0.4, -0.2) is 10.7 Å². The van der Waals surface area contributed by atoms with Crippen LogP contribution in [0.3, 0.4) is 0 Å². The van der Waals surface area contributed by atoms with Crippen molar-refractivity contribution in [2.24, 2.45) is 5.92 Å². The molecule has 0 aromatic heterocycles. The van der Waals surface area contributed by atoms with E-state index in [1.807, 2.05) is 6.92 Å². The highest BCUT2D eigenvalue weighted by molar-refractivity contribution is 5.38. The molecule has 16 heavy (non-hydrogen) atoms. The summed E-state index contributed by atoms with van der Waals surface area (Å²) in [6.07, 6.45) is -0.145. The minimum Gasteiger partial charge on any atom is -0.487 e. The molecule has 3 heteroatoms. The van der Waals surface area contributed by atoms with Gasteiger partial charge in [-0.25, -0.2) is 4.39 Å². The summed E-state index contributed by atoms with van der Waals surface area (Å²) in [6.45, 7) is 6.09. The van der Waals surface area contributed by atoms with Crippen LogP contribution in [-0.2, 0) is 0 Å². The molecule has 1 unspecified atom stereocenters. The first-order valence-corrected chi connectivity index (χ1v) is 5.59. The van der Waals surface area contributed by atoms with E-state index >= 15 is 0 Å². The first-order chi connectivity index (χ1) is 7.42. The average molecular weight is 224 g/mol. The summed E-state index contributed by atoms with van der Waals surface area (Å²) >= 11 is 0. The molecule has 0 saturated carbocycles. The van der Waals surface area contributed by atoms with Gasteiger partial charge < -0.3 is 9.84 Å². The van der Waals surface area contributed by atoms with Crippen LogP contribution in [0.4, 0.5) is 4.39 Å². The van der Waals surface area contributed by atoms with Crippen LogP contribution < -0.4 is 4.74 Å². The van der Waals surface area contributed by atoms with Crippen LogP contribution in [0, 0.1) is 11.7 Å². The lowest BCUT2D eigenvalue weighted by atomic mass is 9.82. The Morgan fingerprint density at radius 2 is 2.19 bits per heavy atom. The number of ether oxygens (including phenoxy) is 1. The number of aliphatic hydroxyl groups is 1. The second-order valence-corrected chi connectivity index (χ2v) is 4.97. The monoisotopic (exact) mass is 224 g/mol. The van der Waals surface area contributed by atoms with E-state index in [9.17, 15) is 9.50 Å². The van der Waals surface area contributed by atoms with E-state index in [0.29, 0.717) is 23.7 Å². The van der Waals surface area contributed by atoms with Gasteiger partial charge in [-0.2, -0.15) is 0 Å². The van der Waals surface area contributed by atoms with Crippen molar-refractivity contribution >= 4 is 0 Å². The minimum atomic E-state index is -0.646. The molecule has 0 bridgehead atoms. The molecule has 0 radical (unpaired) electrons. The Hall–Kier alpha value is -1.09. The number of hydrogen-bond acceptors (Lipinski definition) is 2. The Balaban J connectivity index is 2.40. The van der Waals surface area contributed by atoms with Gasteiger partial charge in [-0.1, -0.05) is 13.8 Å². The molecule has 0 fully saturated rings. The Labute approximate surface area is 95.1 Å². The summed E-state index contributed by atoms with van der Waals surface area (Å²) < 4.78 is 18.9. The molecule has 1 aromatic rings. The highest BCUT2D eigenvalue weighted by Gasteiger charge is 2.39. The van der Waals surface area contributed by atoms with Crippen molar-refractivity contribution in [1.29, 1.82) is 0 Å². The quantitative estimate of drug-likeness (QED) is 0.794. The van der Waals surface area contributed by atoms with E-state index in [4.69, 9.17) is 4.74 Å². The molecular formula is C13H17FO2. The van der Waals surface area contributed by atoms with Gasteiger partial charge in [0.1, 0.15) is 17.2 Å². The lowest BCUT2D eigenvalue weighted by Gasteiger charge is -2.41. The van der Waals surface area contributed by atoms with Crippen molar-refractivity contribution in [1.82, 2.24) is 0 Å². The minimum absolute atomic E-state index is 0.292. The van der Waals surface area contributed by atoms with Crippen molar-refractivity contribution in [3.63, 3.8) is 0 Å². The zero-order valence-electron chi connectivity index (χ0n) is 9.83. The van der Waals surface area contributed by atoms with Crippen molar-refractivity contribution in [3.8, 4) is 5.75 Å². The van der Waals surface area contributed by atoms with Gasteiger partial charge >= 0.3 is 0 Å². The zero-order valence-corrected chi connectivity index (χ0v) is 9.83. The fraction of sp³-hybridized carbons (Fsp3) is 0.538. The highest BCUT2D eigenvalue weighted by Crippen LogP contribution is 2.42. The maximum Gasteiger partial charge on any atom is 0.126 e. The average Bonchev–Trinajstić information content (AvgIpc) is 2.19. The summed E-state index contributed by atoms with van der Waals surface area (Å²) in [5.41, 5.74) is 0.169. The zero-order chi connectivity index (χ0) is 11.9. The smallest absolute Gasteiger partial charge is 0.126 e. The third-order valence-corrected chi connectivity index (χ3v) is 3.49. The van der Waals surface area contributed by atoms with Gasteiger partial charge in [0.05, 0.1) is 6.10 Å². The Morgan fingerprint density at radius 3 is 2.81 bits per heavy atom. The van der Waals surface area contributed by atoms with E-state index in [1.165, 1.54) is 12.1 Å². The number of rotatable bonds is 1. The van der Waals surface area contributed by atoms with E-state index in [0.717, 1.165) is 0 Å². The lowest BCUT2D eigenvalue weighted by Crippen LogP contribution is -2.42. The first kappa shape index (κ1) is 11.4. The molecule has 1 aliphatic rings. The van der Waals surface area contributed by atoms with Gasteiger partial charge in [0.25, 0.3) is 0 Å². The van der Waals surface area contributed by atoms with Gasteiger partial charge in [-0.05, 0) is 31.0 Å². The summed E-state index contributed by atoms with van der Waals surface area (Å²) in [4.78, 5) is 0. The van der Waals surface area contributed by atoms with Gasteiger partial charge in [0, 0.05) is 12.0 Å². The highest BCUT2D eigenvalue weighted by atomic mass is 19.1. The second-order valence-electron chi connectivity index (χ2n) is 4.97. The van der Waals surface area contributed by atoms with E-state index in [-0.39, 0.29) is 11.4 Å². The largest absolute Gasteiger partial charge is 0.487 e. The molecule has 0 spiro atoms. The van der Waals surface area contributed by atoms with Gasteiger partial charge in [0.2, 0.25) is 0 Å². The molecule has 1 N–H and O–H groups in total. The molecule has 0 amide bonds. The summed E-state index contributed by atoms with van der Waals surface area (Å²) in [5, 5.41) is 10.0. The number of fused-ring (bicyclic) bond motifs is 1. The Bertz CT molecular complexity index is 403. The standard InChI is InChI=1S/C13H17FO2/c1-8(2)13(3)7-11(15)10-6-9(14)4-5-12(10)16-13/h4-6,8,11,15H,7H2,1-3H3/t11-,13?/m1/s1. The number of benzene rings is 1. The SMILES string of the molecule is CC(C)C1(C)C[C@@H](O)c2cc(F)ccc2O1. The first-order valence-electron chi connectivity index (χ1n) is 5.59. The molecular weight excluding hydrogens is 207 g/mol. The molecule has 1 aliphatic heterocycles. The topological polar surface area (TPSA) is 29.5 Å². The van der Waals surface area contributed by atoms with Crippen LogP contribution in [0.5, 0.6) is 5.75 Å². The summed E-state index contributed by atoms with van der Waals surface area (Å²) in [5.74, 6) is 0.547. The fourth-order valence-electron chi connectivity index (χ4n) is 2.01. The van der Waals surface area contributed by atoms with Gasteiger partial charge in [-0.15, -0.1) is 0 Å². The molecule has 2 atom stereocenters. The molecule has 2 nitrogen and oxygen atoms in total. The van der Waals surface area contributed by atoms with Crippen molar-refractivity contribution in [2.75, 3.05) is 0 Å². The molecule has 88 valence electrons. The van der Waals surface area contributed by atoms with Crippen molar-refractivity contribution in [3.05, 3.63) is 29.6 Å². The van der Waals surface area contributed by atoms with E-state index in [1.54, 1.807) is 6.07 Å². The predicted octanol–water partition coefficient (Wildman–Crippen LogP) is 3.06. The van der Waals surface area contributed by atoms with Crippen LogP contribution in [0.2, 0.25) is 0 Å². The summed E-state index contributed by atoms with van der Waals surface area (Å²) in [6, 6.07) is 4.30. The van der Waals surface area contributed by atoms with E-state index < -0.39 is 6.10 Å². The molecule has 2 rings (SSSR count). The number of hydrogen-bond donors (Lipinski definition) is 1. The van der Waals surface area contributed by atoms with Gasteiger partial charge in [0.15, 0.2) is 0 Å². The normalized spacial score (nSPS) is 28.8. The molecule has 0 saturated heterocycles. The van der Waals surface area contributed by atoms with Crippen molar-refractivity contribution < 1.29 is 14.2 Å². The Kier molecular flexibility index (Phi) is 2.66. The predicted molar refractivity (Wildman–Crippen MR) is 59.8 cm³/mol. The number of halogens is 1.